The highest BCUT2D eigenvalue weighted by atomic mass is 35.5. The molecular formula is C20H16ClNO3. The van der Waals surface area contributed by atoms with Crippen LogP contribution in [0.4, 0.5) is 0 Å². The normalized spacial score (nSPS) is 10.2. The summed E-state index contributed by atoms with van der Waals surface area (Å²) in [6, 6.07) is 16.5. The van der Waals surface area contributed by atoms with Gasteiger partial charge in [-0.15, -0.1) is 0 Å². The second-order valence-electron chi connectivity index (χ2n) is 5.32. The standard InChI is InChI=1S/C20H16ClNO3/c1-22-18-7-3-2-6-15(18)14-19(20(22)23)25-13-5-4-12-24-17-10-8-16(21)9-11-17/h2-3,6-11,14H,12-13H2,1H3. The van der Waals surface area contributed by atoms with Crippen LogP contribution in [-0.2, 0) is 7.05 Å². The van der Waals surface area contributed by atoms with Crippen LogP contribution in [0, 0.1) is 11.8 Å². The van der Waals surface area contributed by atoms with Crippen LogP contribution < -0.4 is 15.0 Å². The Morgan fingerprint density at radius 3 is 2.44 bits per heavy atom. The number of fused-ring (bicyclic) bond motifs is 1. The Kier molecular flexibility index (Phi) is 5.27. The summed E-state index contributed by atoms with van der Waals surface area (Å²) in [7, 11) is 1.73. The highest BCUT2D eigenvalue weighted by Gasteiger charge is 2.06. The number of benzene rings is 2. The Labute approximate surface area is 150 Å². The topological polar surface area (TPSA) is 40.5 Å². The van der Waals surface area contributed by atoms with E-state index in [2.05, 4.69) is 11.8 Å². The van der Waals surface area contributed by atoms with Gasteiger partial charge in [0.05, 0.1) is 5.52 Å². The van der Waals surface area contributed by atoms with Crippen molar-refractivity contribution in [2.75, 3.05) is 13.2 Å². The smallest absolute Gasteiger partial charge is 0.293 e. The lowest BCUT2D eigenvalue weighted by atomic mass is 10.2. The van der Waals surface area contributed by atoms with Crippen molar-refractivity contribution in [2.24, 2.45) is 7.05 Å². The first kappa shape index (κ1) is 16.9. The van der Waals surface area contributed by atoms with Gasteiger partial charge >= 0.3 is 0 Å². The second kappa shape index (κ2) is 7.78. The van der Waals surface area contributed by atoms with Crippen LogP contribution in [0.15, 0.2) is 59.4 Å². The minimum absolute atomic E-state index is 0.123. The van der Waals surface area contributed by atoms with Crippen LogP contribution in [0.25, 0.3) is 10.9 Å². The number of nitrogens with zero attached hydrogens (tertiary/aromatic N) is 1. The summed E-state index contributed by atoms with van der Waals surface area (Å²) in [4.78, 5) is 12.3. The predicted molar refractivity (Wildman–Crippen MR) is 99.4 cm³/mol. The van der Waals surface area contributed by atoms with Gasteiger partial charge in [-0.25, -0.2) is 0 Å². The molecule has 25 heavy (non-hydrogen) atoms. The SMILES string of the molecule is Cn1c(=O)c(OCC#CCOc2ccc(Cl)cc2)cc2ccccc21. The molecule has 2 aromatic carbocycles. The Balaban J connectivity index is 1.59. The molecule has 5 heteroatoms. The van der Waals surface area contributed by atoms with E-state index in [1.165, 1.54) is 0 Å². The van der Waals surface area contributed by atoms with Crippen LogP contribution in [0.1, 0.15) is 0 Å². The van der Waals surface area contributed by atoms with Crippen molar-refractivity contribution in [2.45, 2.75) is 0 Å². The zero-order valence-electron chi connectivity index (χ0n) is 13.7. The largest absolute Gasteiger partial charge is 0.481 e. The van der Waals surface area contributed by atoms with Crippen molar-refractivity contribution in [3.8, 4) is 23.3 Å². The molecule has 4 nitrogen and oxygen atoms in total. The quantitative estimate of drug-likeness (QED) is 0.672. The third kappa shape index (κ3) is 4.14. The van der Waals surface area contributed by atoms with Gasteiger partial charge in [0.25, 0.3) is 5.56 Å². The highest BCUT2D eigenvalue weighted by molar-refractivity contribution is 6.30. The fourth-order valence-corrected chi connectivity index (χ4v) is 2.49. The lowest BCUT2D eigenvalue weighted by molar-refractivity contribution is 0.358. The van der Waals surface area contributed by atoms with Crippen molar-refractivity contribution in [1.29, 1.82) is 0 Å². The minimum Gasteiger partial charge on any atom is -0.481 e. The number of aryl methyl sites for hydroxylation is 1. The van der Waals surface area contributed by atoms with E-state index in [1.807, 2.05) is 24.3 Å². The monoisotopic (exact) mass is 353 g/mol. The lowest BCUT2D eigenvalue weighted by Gasteiger charge is -2.08. The third-order valence-corrected chi connectivity index (χ3v) is 3.90. The molecule has 1 heterocycles. The van der Waals surface area contributed by atoms with Crippen LogP contribution in [0.2, 0.25) is 5.02 Å². The molecular weight excluding hydrogens is 338 g/mol. The number of pyridine rings is 1. The van der Waals surface area contributed by atoms with Gasteiger partial charge < -0.3 is 14.0 Å². The number of para-hydroxylation sites is 1. The molecule has 0 aliphatic rings. The number of rotatable bonds is 4. The van der Waals surface area contributed by atoms with E-state index >= 15 is 0 Å². The molecule has 0 unspecified atom stereocenters. The molecule has 1 aromatic heterocycles. The van der Waals surface area contributed by atoms with Crippen molar-refractivity contribution in [3.05, 3.63) is 70.0 Å². The molecule has 0 aliphatic heterocycles. The number of ether oxygens (including phenoxy) is 2. The fourth-order valence-electron chi connectivity index (χ4n) is 2.36. The molecule has 0 radical (unpaired) electrons. The average molecular weight is 354 g/mol. The molecule has 0 bridgehead atoms. The van der Waals surface area contributed by atoms with Crippen molar-refractivity contribution in [1.82, 2.24) is 4.57 Å². The third-order valence-electron chi connectivity index (χ3n) is 3.65. The molecule has 0 N–H and O–H groups in total. The van der Waals surface area contributed by atoms with E-state index < -0.39 is 0 Å². The summed E-state index contributed by atoms with van der Waals surface area (Å²) < 4.78 is 12.5. The van der Waals surface area contributed by atoms with Crippen LogP contribution >= 0.6 is 11.6 Å². The second-order valence-corrected chi connectivity index (χ2v) is 5.75. The molecule has 0 saturated heterocycles. The summed E-state index contributed by atoms with van der Waals surface area (Å²) in [5.41, 5.74) is 0.681. The zero-order chi connectivity index (χ0) is 17.6. The first-order chi connectivity index (χ1) is 12.1. The summed E-state index contributed by atoms with van der Waals surface area (Å²) in [6.45, 7) is 0.359. The number of hydrogen-bond acceptors (Lipinski definition) is 3. The van der Waals surface area contributed by atoms with Gasteiger partial charge in [0.1, 0.15) is 19.0 Å². The van der Waals surface area contributed by atoms with Crippen LogP contribution in [-0.4, -0.2) is 17.8 Å². The fraction of sp³-hybridized carbons (Fsp3) is 0.150. The van der Waals surface area contributed by atoms with Crippen molar-refractivity contribution in [3.63, 3.8) is 0 Å². The Bertz CT molecular complexity index is 997. The summed E-state index contributed by atoms with van der Waals surface area (Å²) in [6.07, 6.45) is 0. The molecule has 0 atom stereocenters. The summed E-state index contributed by atoms with van der Waals surface area (Å²) >= 11 is 5.81. The van der Waals surface area contributed by atoms with E-state index in [-0.39, 0.29) is 24.5 Å². The average Bonchev–Trinajstić information content (AvgIpc) is 2.63. The van der Waals surface area contributed by atoms with Gasteiger partial charge in [-0.3, -0.25) is 4.79 Å². The Hall–Kier alpha value is -2.90. The van der Waals surface area contributed by atoms with Crippen LogP contribution in [0.3, 0.4) is 0 Å². The van der Waals surface area contributed by atoms with Crippen LogP contribution in [0.5, 0.6) is 11.5 Å². The molecule has 0 saturated carbocycles. The molecule has 0 fully saturated rings. The van der Waals surface area contributed by atoms with E-state index in [1.54, 1.807) is 41.9 Å². The van der Waals surface area contributed by atoms with Crippen molar-refractivity contribution < 1.29 is 9.47 Å². The minimum atomic E-state index is -0.182. The van der Waals surface area contributed by atoms with Gasteiger partial charge in [-0.05, 0) is 36.4 Å². The highest BCUT2D eigenvalue weighted by Crippen LogP contribution is 2.16. The summed E-state index contributed by atoms with van der Waals surface area (Å²) in [5, 5.41) is 1.60. The van der Waals surface area contributed by atoms with Gasteiger partial charge in [-0.1, -0.05) is 41.6 Å². The van der Waals surface area contributed by atoms with Gasteiger partial charge in [0, 0.05) is 17.5 Å². The van der Waals surface area contributed by atoms with Gasteiger partial charge in [-0.2, -0.15) is 0 Å². The Morgan fingerprint density at radius 1 is 1.00 bits per heavy atom. The number of hydrogen-bond donors (Lipinski definition) is 0. The number of aromatic nitrogens is 1. The Morgan fingerprint density at radius 2 is 1.68 bits per heavy atom. The molecule has 0 aliphatic carbocycles. The van der Waals surface area contributed by atoms with E-state index in [9.17, 15) is 4.79 Å². The maximum absolute atomic E-state index is 12.3. The van der Waals surface area contributed by atoms with Gasteiger partial charge in [0.2, 0.25) is 0 Å². The first-order valence-corrected chi connectivity index (χ1v) is 8.08. The zero-order valence-corrected chi connectivity index (χ0v) is 14.4. The maximum Gasteiger partial charge on any atom is 0.293 e. The molecule has 126 valence electrons. The molecule has 0 amide bonds. The first-order valence-electron chi connectivity index (χ1n) is 7.71. The molecule has 3 rings (SSSR count). The van der Waals surface area contributed by atoms with Crippen molar-refractivity contribution >= 4 is 22.5 Å². The predicted octanol–water partition coefficient (Wildman–Crippen LogP) is 3.65. The van der Waals surface area contributed by atoms with Gasteiger partial charge in [0.15, 0.2) is 5.75 Å². The molecule has 3 aromatic rings. The molecule has 0 spiro atoms. The van der Waals surface area contributed by atoms with E-state index in [0.29, 0.717) is 10.8 Å². The summed E-state index contributed by atoms with van der Waals surface area (Å²) in [5.74, 6) is 6.67. The number of halogens is 1. The lowest BCUT2D eigenvalue weighted by Crippen LogP contribution is -2.19. The van der Waals surface area contributed by atoms with E-state index in [4.69, 9.17) is 21.1 Å². The van der Waals surface area contributed by atoms with E-state index in [0.717, 1.165) is 10.9 Å². The maximum atomic E-state index is 12.3.